The molecule has 1 aromatic rings. The molecule has 0 radical (unpaired) electrons. The Morgan fingerprint density at radius 2 is 1.83 bits per heavy atom. The van der Waals surface area contributed by atoms with Gasteiger partial charge in [-0.15, -0.1) is 11.6 Å². The van der Waals surface area contributed by atoms with Gasteiger partial charge in [-0.1, -0.05) is 12.1 Å². The second-order valence-corrected chi connectivity index (χ2v) is 4.26. The lowest BCUT2D eigenvalue weighted by Crippen LogP contribution is -2.26. The minimum absolute atomic E-state index is 0.134. The van der Waals surface area contributed by atoms with Crippen molar-refractivity contribution < 1.29 is 18.0 Å². The Kier molecular flexibility index (Phi) is 5.02. The number of hydrogen-bond acceptors (Lipinski definition) is 1. The number of rotatable bonds is 4. The van der Waals surface area contributed by atoms with Crippen LogP contribution in [-0.4, -0.2) is 23.7 Å². The lowest BCUT2D eigenvalue weighted by Gasteiger charge is -2.17. The summed E-state index contributed by atoms with van der Waals surface area (Å²) in [4.78, 5) is 12.9. The molecule has 0 heterocycles. The summed E-state index contributed by atoms with van der Waals surface area (Å²) in [6.45, 7) is 0.272. The largest absolute Gasteiger partial charge is 0.416 e. The van der Waals surface area contributed by atoms with Crippen LogP contribution in [0.4, 0.5) is 13.2 Å². The molecule has 0 aromatic heterocycles. The first kappa shape index (κ1) is 14.8. The highest BCUT2D eigenvalue weighted by Gasteiger charge is 2.29. The molecular weight excluding hydrogens is 267 g/mol. The van der Waals surface area contributed by atoms with Crippen LogP contribution in [0, 0.1) is 0 Å². The van der Waals surface area contributed by atoms with Crippen molar-refractivity contribution in [2.45, 2.75) is 19.1 Å². The van der Waals surface area contributed by atoms with E-state index < -0.39 is 11.7 Å². The van der Waals surface area contributed by atoms with Gasteiger partial charge < -0.3 is 4.90 Å². The van der Waals surface area contributed by atoms with E-state index in [4.69, 9.17) is 11.6 Å². The fourth-order valence-corrected chi connectivity index (χ4v) is 1.59. The quantitative estimate of drug-likeness (QED) is 0.775. The minimum atomic E-state index is -4.33. The third kappa shape index (κ3) is 4.22. The van der Waals surface area contributed by atoms with Gasteiger partial charge >= 0.3 is 6.18 Å². The molecule has 0 aliphatic heterocycles. The molecule has 1 amide bonds. The molecule has 0 fully saturated rings. The van der Waals surface area contributed by atoms with Crippen LogP contribution in [0.25, 0.3) is 0 Å². The Morgan fingerprint density at radius 1 is 1.28 bits per heavy atom. The van der Waals surface area contributed by atoms with Gasteiger partial charge in [0.05, 0.1) is 5.56 Å². The molecule has 0 unspecified atom stereocenters. The number of hydrogen-bond donors (Lipinski definition) is 0. The Balaban J connectivity index is 2.67. The first-order valence-corrected chi connectivity index (χ1v) is 5.84. The van der Waals surface area contributed by atoms with Crippen LogP contribution in [0.3, 0.4) is 0 Å². The second-order valence-electron chi connectivity index (χ2n) is 3.88. The monoisotopic (exact) mass is 279 g/mol. The molecule has 0 aliphatic rings. The van der Waals surface area contributed by atoms with E-state index in [1.165, 1.54) is 17.0 Å². The smallest absolute Gasteiger partial charge is 0.341 e. The Bertz CT molecular complexity index is 403. The van der Waals surface area contributed by atoms with Crippen LogP contribution in [-0.2, 0) is 17.5 Å². The molecule has 0 aliphatic carbocycles. The Morgan fingerprint density at radius 3 is 2.28 bits per heavy atom. The van der Waals surface area contributed by atoms with E-state index in [0.717, 1.165) is 12.1 Å². The first-order valence-electron chi connectivity index (χ1n) is 5.30. The molecule has 0 bridgehead atoms. The Hall–Kier alpha value is -1.23. The third-order valence-electron chi connectivity index (χ3n) is 2.44. The number of nitrogens with zero attached hydrogens (tertiary/aromatic N) is 1. The number of amides is 1. The van der Waals surface area contributed by atoms with E-state index in [-0.39, 0.29) is 24.8 Å². The van der Waals surface area contributed by atoms with Gasteiger partial charge in [-0.2, -0.15) is 13.2 Å². The molecular formula is C12H13ClF3NO. The van der Waals surface area contributed by atoms with E-state index in [9.17, 15) is 18.0 Å². The fraction of sp³-hybridized carbons (Fsp3) is 0.417. The number of alkyl halides is 4. The van der Waals surface area contributed by atoms with Crippen molar-refractivity contribution in [3.05, 3.63) is 35.4 Å². The van der Waals surface area contributed by atoms with Gasteiger partial charge in [-0.25, -0.2) is 0 Å². The molecule has 6 heteroatoms. The van der Waals surface area contributed by atoms with Crippen molar-refractivity contribution in [3.8, 4) is 0 Å². The number of carbonyl (C=O) groups excluding carboxylic acids is 1. The van der Waals surface area contributed by atoms with Crippen LogP contribution < -0.4 is 0 Å². The highest BCUT2D eigenvalue weighted by atomic mass is 35.5. The van der Waals surface area contributed by atoms with Crippen LogP contribution in [0.2, 0.25) is 0 Å². The van der Waals surface area contributed by atoms with Crippen LogP contribution in [0.15, 0.2) is 24.3 Å². The highest BCUT2D eigenvalue weighted by molar-refractivity contribution is 6.18. The van der Waals surface area contributed by atoms with Crippen LogP contribution in [0.1, 0.15) is 17.5 Å². The summed E-state index contributed by atoms with van der Waals surface area (Å²) in [6.07, 6.45) is -4.11. The van der Waals surface area contributed by atoms with Gasteiger partial charge in [0.2, 0.25) is 5.91 Å². The van der Waals surface area contributed by atoms with Crippen molar-refractivity contribution in [1.29, 1.82) is 0 Å². The zero-order valence-corrected chi connectivity index (χ0v) is 10.6. The van der Waals surface area contributed by atoms with Crippen LogP contribution in [0.5, 0.6) is 0 Å². The summed E-state index contributed by atoms with van der Waals surface area (Å²) >= 11 is 5.44. The van der Waals surface area contributed by atoms with Gasteiger partial charge in [-0.05, 0) is 17.7 Å². The van der Waals surface area contributed by atoms with Crippen LogP contribution >= 0.6 is 11.6 Å². The predicted octanol–water partition coefficient (Wildman–Crippen LogP) is 3.29. The standard InChI is InChI=1S/C12H13ClF3NO/c1-17(11(18)6-7-13)8-9-2-4-10(5-3-9)12(14,15)16/h2-5H,6-8H2,1H3. The Labute approximate surface area is 108 Å². The maximum Gasteiger partial charge on any atom is 0.416 e. The van der Waals surface area contributed by atoms with E-state index in [0.29, 0.717) is 5.56 Å². The SMILES string of the molecule is CN(Cc1ccc(C(F)(F)F)cc1)C(=O)CCCl. The van der Waals surface area contributed by atoms with E-state index in [2.05, 4.69) is 0 Å². The lowest BCUT2D eigenvalue weighted by atomic mass is 10.1. The minimum Gasteiger partial charge on any atom is -0.341 e. The summed E-state index contributed by atoms with van der Waals surface area (Å²) in [7, 11) is 1.59. The number of halogens is 4. The van der Waals surface area contributed by atoms with Crippen molar-refractivity contribution in [3.63, 3.8) is 0 Å². The number of benzene rings is 1. The normalized spacial score (nSPS) is 11.4. The molecule has 18 heavy (non-hydrogen) atoms. The molecule has 0 saturated carbocycles. The third-order valence-corrected chi connectivity index (χ3v) is 2.62. The summed E-state index contributed by atoms with van der Waals surface area (Å²) in [6, 6.07) is 4.75. The lowest BCUT2D eigenvalue weighted by molar-refractivity contribution is -0.137. The molecule has 1 aromatic carbocycles. The van der Waals surface area contributed by atoms with E-state index in [1.54, 1.807) is 7.05 Å². The maximum atomic E-state index is 12.3. The summed E-state index contributed by atoms with van der Waals surface area (Å²) in [5.41, 5.74) is -0.0468. The van der Waals surface area contributed by atoms with Gasteiger partial charge in [0.15, 0.2) is 0 Å². The predicted molar refractivity (Wildman–Crippen MR) is 63.3 cm³/mol. The molecule has 100 valence electrons. The maximum absolute atomic E-state index is 12.3. The zero-order chi connectivity index (χ0) is 13.8. The zero-order valence-electron chi connectivity index (χ0n) is 9.80. The molecule has 0 N–H and O–H groups in total. The summed E-state index contributed by atoms with van der Waals surface area (Å²) < 4.78 is 37.0. The number of carbonyl (C=O) groups is 1. The average molecular weight is 280 g/mol. The molecule has 0 saturated heterocycles. The second kappa shape index (κ2) is 6.09. The van der Waals surface area contributed by atoms with Crippen molar-refractivity contribution in [2.75, 3.05) is 12.9 Å². The first-order chi connectivity index (χ1) is 8.34. The van der Waals surface area contributed by atoms with Gasteiger partial charge in [0.1, 0.15) is 0 Å². The molecule has 1 rings (SSSR count). The topological polar surface area (TPSA) is 20.3 Å². The van der Waals surface area contributed by atoms with E-state index >= 15 is 0 Å². The van der Waals surface area contributed by atoms with Crippen molar-refractivity contribution in [2.24, 2.45) is 0 Å². The molecule has 2 nitrogen and oxygen atoms in total. The molecule has 0 atom stereocenters. The summed E-state index contributed by atoms with van der Waals surface area (Å²) in [5, 5.41) is 0. The van der Waals surface area contributed by atoms with E-state index in [1.807, 2.05) is 0 Å². The average Bonchev–Trinajstić information content (AvgIpc) is 2.28. The van der Waals surface area contributed by atoms with Gasteiger partial charge in [0, 0.05) is 25.9 Å². The highest BCUT2D eigenvalue weighted by Crippen LogP contribution is 2.29. The summed E-state index contributed by atoms with van der Waals surface area (Å²) in [5.74, 6) is 0.0980. The van der Waals surface area contributed by atoms with Gasteiger partial charge in [0.25, 0.3) is 0 Å². The fourth-order valence-electron chi connectivity index (χ4n) is 1.43. The van der Waals surface area contributed by atoms with Crippen molar-refractivity contribution in [1.82, 2.24) is 4.90 Å². The molecule has 0 spiro atoms. The van der Waals surface area contributed by atoms with Crippen molar-refractivity contribution >= 4 is 17.5 Å². The van der Waals surface area contributed by atoms with Gasteiger partial charge in [-0.3, -0.25) is 4.79 Å².